The Hall–Kier alpha value is -2.62. The van der Waals surface area contributed by atoms with E-state index in [0.717, 1.165) is 17.7 Å². The summed E-state index contributed by atoms with van der Waals surface area (Å²) in [7, 11) is 0. The van der Waals surface area contributed by atoms with Crippen LogP contribution in [0.5, 0.6) is 5.75 Å². The molecule has 4 nitrogen and oxygen atoms in total. The molecule has 0 saturated carbocycles. The molecule has 4 heteroatoms. The Morgan fingerprint density at radius 1 is 1.05 bits per heavy atom. The fourth-order valence-electron chi connectivity index (χ4n) is 2.32. The molecule has 2 aromatic carbocycles. The van der Waals surface area contributed by atoms with E-state index in [1.54, 1.807) is 30.3 Å². The van der Waals surface area contributed by atoms with Gasteiger partial charge in [-0.15, -0.1) is 0 Å². The first-order chi connectivity index (χ1) is 10.1. The second-order valence-electron chi connectivity index (χ2n) is 5.01. The standard InChI is InChI=1S/C17H15NO3/c1-11(19)12-2-5-15(6-3-12)18-17(20)14-4-7-16-13(10-14)8-9-21-16/h2-7,10H,8-9H2,1H3,(H,18,20). The zero-order valence-electron chi connectivity index (χ0n) is 11.7. The monoisotopic (exact) mass is 281 g/mol. The number of amides is 1. The van der Waals surface area contributed by atoms with E-state index in [1.165, 1.54) is 6.92 Å². The summed E-state index contributed by atoms with van der Waals surface area (Å²) in [4.78, 5) is 23.4. The molecule has 106 valence electrons. The predicted octanol–water partition coefficient (Wildman–Crippen LogP) is 3.08. The first-order valence-corrected chi connectivity index (χ1v) is 6.81. The fourth-order valence-corrected chi connectivity index (χ4v) is 2.32. The molecule has 0 unspecified atom stereocenters. The summed E-state index contributed by atoms with van der Waals surface area (Å²) < 4.78 is 5.42. The number of fused-ring (bicyclic) bond motifs is 1. The Morgan fingerprint density at radius 2 is 1.76 bits per heavy atom. The van der Waals surface area contributed by atoms with Gasteiger partial charge >= 0.3 is 0 Å². The van der Waals surface area contributed by atoms with Crippen LogP contribution in [-0.4, -0.2) is 18.3 Å². The van der Waals surface area contributed by atoms with Crippen molar-refractivity contribution in [1.29, 1.82) is 0 Å². The normalized spacial score (nSPS) is 12.4. The fraction of sp³-hybridized carbons (Fsp3) is 0.176. The van der Waals surface area contributed by atoms with Crippen molar-refractivity contribution < 1.29 is 14.3 Å². The summed E-state index contributed by atoms with van der Waals surface area (Å²) >= 11 is 0. The number of rotatable bonds is 3. The van der Waals surface area contributed by atoms with Gasteiger partial charge in [0.05, 0.1) is 6.61 Å². The average molecular weight is 281 g/mol. The lowest BCUT2D eigenvalue weighted by atomic mass is 10.1. The smallest absolute Gasteiger partial charge is 0.255 e. The number of carbonyl (C=O) groups excluding carboxylic acids is 2. The van der Waals surface area contributed by atoms with E-state index in [1.807, 2.05) is 12.1 Å². The molecule has 0 aromatic heterocycles. The largest absolute Gasteiger partial charge is 0.493 e. The van der Waals surface area contributed by atoms with Gasteiger partial charge in [-0.1, -0.05) is 0 Å². The number of hydrogen-bond donors (Lipinski definition) is 1. The summed E-state index contributed by atoms with van der Waals surface area (Å²) in [5, 5.41) is 2.82. The Balaban J connectivity index is 1.75. The van der Waals surface area contributed by atoms with Crippen molar-refractivity contribution in [3.05, 3.63) is 59.2 Å². The number of benzene rings is 2. The number of carbonyl (C=O) groups is 2. The molecule has 1 heterocycles. The van der Waals surface area contributed by atoms with Crippen LogP contribution in [-0.2, 0) is 6.42 Å². The highest BCUT2D eigenvalue weighted by molar-refractivity contribution is 6.04. The minimum absolute atomic E-state index is 0.00602. The number of ether oxygens (including phenoxy) is 1. The van der Waals surface area contributed by atoms with Gasteiger partial charge in [-0.3, -0.25) is 9.59 Å². The van der Waals surface area contributed by atoms with Crippen LogP contribution >= 0.6 is 0 Å². The van der Waals surface area contributed by atoms with E-state index in [2.05, 4.69) is 5.32 Å². The predicted molar refractivity (Wildman–Crippen MR) is 80.0 cm³/mol. The topological polar surface area (TPSA) is 55.4 Å². The summed E-state index contributed by atoms with van der Waals surface area (Å²) in [6.07, 6.45) is 0.837. The second-order valence-corrected chi connectivity index (χ2v) is 5.01. The lowest BCUT2D eigenvalue weighted by Crippen LogP contribution is -2.12. The summed E-state index contributed by atoms with van der Waals surface area (Å²) in [6.45, 7) is 2.19. The maximum atomic E-state index is 12.2. The van der Waals surface area contributed by atoms with Crippen LogP contribution in [0.1, 0.15) is 33.2 Å². The van der Waals surface area contributed by atoms with E-state index in [9.17, 15) is 9.59 Å². The minimum Gasteiger partial charge on any atom is -0.493 e. The molecule has 0 radical (unpaired) electrons. The summed E-state index contributed by atoms with van der Waals surface area (Å²) in [6, 6.07) is 12.3. The van der Waals surface area contributed by atoms with Crippen molar-refractivity contribution in [3.8, 4) is 5.75 Å². The average Bonchev–Trinajstić information content (AvgIpc) is 2.95. The SMILES string of the molecule is CC(=O)c1ccc(NC(=O)c2ccc3c(c2)CCO3)cc1. The number of Topliss-reactive ketones (excluding diaryl/α,β-unsaturated/α-hetero) is 1. The van der Waals surface area contributed by atoms with Crippen LogP contribution in [0.2, 0.25) is 0 Å². The minimum atomic E-state index is -0.166. The third kappa shape index (κ3) is 2.79. The highest BCUT2D eigenvalue weighted by Crippen LogP contribution is 2.26. The van der Waals surface area contributed by atoms with Gasteiger partial charge in [-0.25, -0.2) is 0 Å². The zero-order valence-corrected chi connectivity index (χ0v) is 11.7. The first kappa shape index (κ1) is 13.4. The van der Waals surface area contributed by atoms with Gasteiger partial charge in [-0.05, 0) is 55.0 Å². The van der Waals surface area contributed by atoms with E-state index in [0.29, 0.717) is 23.4 Å². The quantitative estimate of drug-likeness (QED) is 0.880. The van der Waals surface area contributed by atoms with Crippen LogP contribution in [0.4, 0.5) is 5.69 Å². The van der Waals surface area contributed by atoms with Crippen molar-refractivity contribution in [1.82, 2.24) is 0 Å². The van der Waals surface area contributed by atoms with E-state index < -0.39 is 0 Å². The van der Waals surface area contributed by atoms with Crippen molar-refractivity contribution in [2.75, 3.05) is 11.9 Å². The van der Waals surface area contributed by atoms with Gasteiger partial charge in [0.1, 0.15) is 5.75 Å². The molecule has 3 rings (SSSR count). The molecule has 0 aliphatic carbocycles. The lowest BCUT2D eigenvalue weighted by Gasteiger charge is -2.07. The Labute approximate surface area is 122 Å². The maximum Gasteiger partial charge on any atom is 0.255 e. The number of hydrogen-bond acceptors (Lipinski definition) is 3. The highest BCUT2D eigenvalue weighted by atomic mass is 16.5. The first-order valence-electron chi connectivity index (χ1n) is 6.81. The van der Waals surface area contributed by atoms with Gasteiger partial charge in [0.15, 0.2) is 5.78 Å². The van der Waals surface area contributed by atoms with Gasteiger partial charge in [0.25, 0.3) is 5.91 Å². The second kappa shape index (κ2) is 5.40. The summed E-state index contributed by atoms with van der Waals surface area (Å²) in [5.74, 6) is 0.698. The Bertz CT molecular complexity index is 704. The molecule has 2 aromatic rings. The van der Waals surface area contributed by atoms with Gasteiger partial charge in [0, 0.05) is 23.2 Å². The van der Waals surface area contributed by atoms with Crippen LogP contribution in [0, 0.1) is 0 Å². The molecular formula is C17H15NO3. The zero-order chi connectivity index (χ0) is 14.8. The molecule has 21 heavy (non-hydrogen) atoms. The van der Waals surface area contributed by atoms with Crippen LogP contribution in [0.25, 0.3) is 0 Å². The molecule has 1 amide bonds. The van der Waals surface area contributed by atoms with Gasteiger partial charge in [0.2, 0.25) is 0 Å². The third-order valence-electron chi connectivity index (χ3n) is 3.50. The van der Waals surface area contributed by atoms with Crippen molar-refractivity contribution in [2.45, 2.75) is 13.3 Å². The highest BCUT2D eigenvalue weighted by Gasteiger charge is 2.15. The van der Waals surface area contributed by atoms with Crippen LogP contribution in [0.3, 0.4) is 0 Å². The van der Waals surface area contributed by atoms with E-state index in [4.69, 9.17) is 4.74 Å². The number of anilines is 1. The van der Waals surface area contributed by atoms with Crippen molar-refractivity contribution in [2.24, 2.45) is 0 Å². The van der Waals surface area contributed by atoms with E-state index >= 15 is 0 Å². The molecule has 0 spiro atoms. The maximum absolute atomic E-state index is 12.2. The Kier molecular flexibility index (Phi) is 3.44. The van der Waals surface area contributed by atoms with Crippen LogP contribution in [0.15, 0.2) is 42.5 Å². The molecule has 1 N–H and O–H groups in total. The van der Waals surface area contributed by atoms with Crippen molar-refractivity contribution in [3.63, 3.8) is 0 Å². The van der Waals surface area contributed by atoms with Gasteiger partial charge in [-0.2, -0.15) is 0 Å². The number of nitrogens with one attached hydrogen (secondary N) is 1. The van der Waals surface area contributed by atoms with Gasteiger partial charge < -0.3 is 10.1 Å². The molecule has 0 bridgehead atoms. The molecular weight excluding hydrogens is 266 g/mol. The lowest BCUT2D eigenvalue weighted by molar-refractivity contribution is 0.101. The summed E-state index contributed by atoms with van der Waals surface area (Å²) in [5.41, 5.74) is 2.97. The molecule has 0 saturated heterocycles. The number of ketones is 1. The molecule has 1 aliphatic heterocycles. The third-order valence-corrected chi connectivity index (χ3v) is 3.50. The molecule has 1 aliphatic rings. The van der Waals surface area contributed by atoms with Crippen molar-refractivity contribution >= 4 is 17.4 Å². The van der Waals surface area contributed by atoms with Crippen LogP contribution < -0.4 is 10.1 Å². The molecule has 0 atom stereocenters. The van der Waals surface area contributed by atoms with E-state index in [-0.39, 0.29) is 11.7 Å². The Morgan fingerprint density at radius 3 is 2.48 bits per heavy atom. The molecule has 0 fully saturated rings.